The molecule has 170 valence electrons. The second-order valence-corrected chi connectivity index (χ2v) is 9.39. The Labute approximate surface area is 189 Å². The number of rotatable bonds is 9. The van der Waals surface area contributed by atoms with Gasteiger partial charge in [0.2, 0.25) is 5.88 Å². The average Bonchev–Trinajstić information content (AvgIpc) is 2.71. The molecular formula is C20H27F2N5O2S2. The van der Waals surface area contributed by atoms with Crippen LogP contribution in [0.25, 0.3) is 0 Å². The molecule has 0 bridgehead atoms. The number of nitrogens with one attached hydrogen (secondary N) is 2. The van der Waals surface area contributed by atoms with E-state index in [1.807, 2.05) is 0 Å². The fourth-order valence-corrected chi connectivity index (χ4v) is 4.81. The van der Waals surface area contributed by atoms with Crippen LogP contribution in [-0.2, 0) is 5.75 Å². The van der Waals surface area contributed by atoms with Crippen molar-refractivity contribution in [1.29, 1.82) is 0 Å². The SMILES string of the molecule is CC1CN(SNc2cc(OC[C@@H](C)O)nc(SCc3cccc(F)c3F)n2)CC(C)N1. The van der Waals surface area contributed by atoms with E-state index >= 15 is 0 Å². The topological polar surface area (TPSA) is 82.5 Å². The summed E-state index contributed by atoms with van der Waals surface area (Å²) in [5, 5.41) is 13.3. The number of aliphatic hydroxyl groups excluding tert-OH is 1. The zero-order valence-corrected chi connectivity index (χ0v) is 19.3. The Morgan fingerprint density at radius 2 is 2.03 bits per heavy atom. The molecule has 2 unspecified atom stereocenters. The number of aliphatic hydroxyl groups is 1. The molecule has 0 amide bonds. The number of anilines is 1. The fraction of sp³-hybridized carbons (Fsp3) is 0.500. The Hall–Kier alpha value is -1.66. The molecular weight excluding hydrogens is 444 g/mol. The summed E-state index contributed by atoms with van der Waals surface area (Å²) in [5.41, 5.74) is 0.233. The van der Waals surface area contributed by atoms with Crippen LogP contribution >= 0.6 is 23.9 Å². The van der Waals surface area contributed by atoms with Gasteiger partial charge in [-0.2, -0.15) is 4.98 Å². The van der Waals surface area contributed by atoms with Crippen LogP contribution in [0.5, 0.6) is 5.88 Å². The molecule has 0 saturated carbocycles. The molecule has 1 fully saturated rings. The van der Waals surface area contributed by atoms with Crippen LogP contribution in [-0.4, -0.2) is 57.3 Å². The lowest BCUT2D eigenvalue weighted by Gasteiger charge is -2.34. The predicted molar refractivity (Wildman–Crippen MR) is 120 cm³/mol. The Bertz CT molecular complexity index is 867. The van der Waals surface area contributed by atoms with Gasteiger partial charge in [-0.25, -0.2) is 18.1 Å². The first-order valence-electron chi connectivity index (χ1n) is 9.99. The second kappa shape index (κ2) is 11.3. The van der Waals surface area contributed by atoms with Gasteiger partial charge in [0.15, 0.2) is 16.8 Å². The Morgan fingerprint density at radius 1 is 1.29 bits per heavy atom. The highest BCUT2D eigenvalue weighted by molar-refractivity contribution is 7.98. The summed E-state index contributed by atoms with van der Waals surface area (Å²) in [6.07, 6.45) is -0.651. The summed E-state index contributed by atoms with van der Waals surface area (Å²) in [6, 6.07) is 6.48. The molecule has 0 radical (unpaired) electrons. The van der Waals surface area contributed by atoms with E-state index in [2.05, 4.69) is 38.2 Å². The Morgan fingerprint density at radius 3 is 2.74 bits per heavy atom. The van der Waals surface area contributed by atoms with E-state index in [-0.39, 0.29) is 17.9 Å². The molecule has 0 spiro atoms. The Balaban J connectivity index is 1.70. The zero-order valence-electron chi connectivity index (χ0n) is 17.6. The van der Waals surface area contributed by atoms with Crippen LogP contribution in [0.2, 0.25) is 0 Å². The average molecular weight is 472 g/mol. The second-order valence-electron chi connectivity index (χ2n) is 7.54. The summed E-state index contributed by atoms with van der Waals surface area (Å²) in [6.45, 7) is 7.72. The molecule has 1 aliphatic heterocycles. The summed E-state index contributed by atoms with van der Waals surface area (Å²) >= 11 is 2.62. The lowest BCUT2D eigenvalue weighted by Crippen LogP contribution is -2.52. The third kappa shape index (κ3) is 7.46. The highest BCUT2D eigenvalue weighted by Gasteiger charge is 2.21. The standard InChI is InChI=1S/C20H27F2N5O2S2/c1-12-8-27(9-13(2)23-12)31-26-17-7-18(29-10-14(3)28)25-20(24-17)30-11-15-5-4-6-16(21)19(15)22/h4-7,12-14,23,28H,8-11H2,1-3H3,(H,24,25,26)/t12?,13?,14-/m1/s1. The fourth-order valence-electron chi connectivity index (χ4n) is 3.07. The normalized spacial score (nSPS) is 20.5. The summed E-state index contributed by atoms with van der Waals surface area (Å²) in [5.74, 6) is -0.758. The van der Waals surface area contributed by atoms with Crippen molar-refractivity contribution >= 4 is 29.7 Å². The van der Waals surface area contributed by atoms with Crippen molar-refractivity contribution in [2.75, 3.05) is 24.4 Å². The molecule has 2 heterocycles. The van der Waals surface area contributed by atoms with Crippen molar-refractivity contribution < 1.29 is 18.6 Å². The molecule has 31 heavy (non-hydrogen) atoms. The highest BCUT2D eigenvalue weighted by Crippen LogP contribution is 2.27. The van der Waals surface area contributed by atoms with E-state index in [9.17, 15) is 13.9 Å². The molecule has 2 aromatic rings. The van der Waals surface area contributed by atoms with Gasteiger partial charge in [0.1, 0.15) is 12.4 Å². The van der Waals surface area contributed by atoms with Crippen molar-refractivity contribution in [3.63, 3.8) is 0 Å². The zero-order chi connectivity index (χ0) is 22.4. The van der Waals surface area contributed by atoms with Crippen LogP contribution in [0.3, 0.4) is 0 Å². The first kappa shape index (κ1) is 24.0. The number of benzene rings is 1. The van der Waals surface area contributed by atoms with Crippen LogP contribution < -0.4 is 14.8 Å². The molecule has 3 atom stereocenters. The largest absolute Gasteiger partial charge is 0.475 e. The highest BCUT2D eigenvalue weighted by atomic mass is 32.2. The molecule has 3 N–H and O–H groups in total. The van der Waals surface area contributed by atoms with Crippen LogP contribution in [0.1, 0.15) is 26.3 Å². The molecule has 1 saturated heterocycles. The van der Waals surface area contributed by atoms with Crippen molar-refractivity contribution in [2.24, 2.45) is 0 Å². The van der Waals surface area contributed by atoms with Gasteiger partial charge in [-0.3, -0.25) is 0 Å². The monoisotopic (exact) mass is 471 g/mol. The van der Waals surface area contributed by atoms with Crippen molar-refractivity contribution in [3.8, 4) is 5.88 Å². The maximum atomic E-state index is 14.0. The van der Waals surface area contributed by atoms with Crippen LogP contribution in [0.4, 0.5) is 14.6 Å². The minimum atomic E-state index is -0.883. The molecule has 0 aliphatic carbocycles. The van der Waals surface area contributed by atoms with E-state index < -0.39 is 17.7 Å². The molecule has 7 nitrogen and oxygen atoms in total. The first-order chi connectivity index (χ1) is 14.8. The van der Waals surface area contributed by atoms with Gasteiger partial charge in [0, 0.05) is 54.7 Å². The first-order valence-corrected chi connectivity index (χ1v) is 11.8. The maximum Gasteiger partial charge on any atom is 0.219 e. The van der Waals surface area contributed by atoms with Gasteiger partial charge in [0.05, 0.1) is 6.10 Å². The minimum absolute atomic E-state index is 0.0824. The van der Waals surface area contributed by atoms with Crippen molar-refractivity contribution in [2.45, 2.75) is 49.9 Å². The van der Waals surface area contributed by atoms with E-state index in [1.54, 1.807) is 13.0 Å². The molecule has 1 aliphatic rings. The molecule has 1 aromatic heterocycles. The number of halogens is 2. The van der Waals surface area contributed by atoms with E-state index in [1.165, 1.54) is 36.0 Å². The number of piperazine rings is 1. The Kier molecular flexibility index (Phi) is 8.73. The van der Waals surface area contributed by atoms with E-state index in [0.717, 1.165) is 19.2 Å². The quantitative estimate of drug-likeness (QED) is 0.289. The summed E-state index contributed by atoms with van der Waals surface area (Å²) in [7, 11) is 0. The van der Waals surface area contributed by atoms with Gasteiger partial charge in [-0.15, -0.1) is 0 Å². The number of aromatic nitrogens is 2. The lowest BCUT2D eigenvalue weighted by molar-refractivity contribution is 0.119. The number of ether oxygens (including phenoxy) is 1. The van der Waals surface area contributed by atoms with Crippen molar-refractivity contribution in [3.05, 3.63) is 41.5 Å². The maximum absolute atomic E-state index is 14.0. The van der Waals surface area contributed by atoms with Crippen LogP contribution in [0.15, 0.2) is 29.4 Å². The van der Waals surface area contributed by atoms with Gasteiger partial charge >= 0.3 is 0 Å². The van der Waals surface area contributed by atoms with Gasteiger partial charge < -0.3 is 19.9 Å². The number of thioether (sulfide) groups is 1. The van der Waals surface area contributed by atoms with E-state index in [0.29, 0.717) is 28.9 Å². The predicted octanol–water partition coefficient (Wildman–Crippen LogP) is 3.46. The van der Waals surface area contributed by atoms with Gasteiger partial charge in [-0.05, 0) is 26.8 Å². The molecule has 11 heteroatoms. The molecule has 1 aromatic carbocycles. The van der Waals surface area contributed by atoms with Crippen molar-refractivity contribution in [1.82, 2.24) is 19.6 Å². The third-order valence-corrected chi connectivity index (χ3v) is 6.10. The smallest absolute Gasteiger partial charge is 0.219 e. The number of nitrogens with zero attached hydrogens (tertiary/aromatic N) is 3. The lowest BCUT2D eigenvalue weighted by atomic mass is 10.2. The number of hydrogen-bond donors (Lipinski definition) is 3. The number of hydrogen-bond acceptors (Lipinski definition) is 9. The van der Waals surface area contributed by atoms with Crippen LogP contribution in [0, 0.1) is 11.6 Å². The summed E-state index contributed by atoms with van der Waals surface area (Å²) < 4.78 is 38.4. The van der Waals surface area contributed by atoms with Gasteiger partial charge in [-0.1, -0.05) is 23.9 Å². The van der Waals surface area contributed by atoms with E-state index in [4.69, 9.17) is 4.74 Å². The summed E-state index contributed by atoms with van der Waals surface area (Å²) in [4.78, 5) is 8.79. The minimum Gasteiger partial charge on any atom is -0.475 e. The molecule has 3 rings (SSSR count). The third-order valence-electron chi connectivity index (χ3n) is 4.35. The van der Waals surface area contributed by atoms with Gasteiger partial charge in [0.25, 0.3) is 0 Å².